The molecule has 3 N–H and O–H groups in total. The zero-order valence-corrected chi connectivity index (χ0v) is 27.3. The Labute approximate surface area is 282 Å². The van der Waals surface area contributed by atoms with Crippen molar-refractivity contribution in [1.82, 2.24) is 25.2 Å². The Bertz CT molecular complexity index is 2020. The maximum absolute atomic E-state index is 17.0. The van der Waals surface area contributed by atoms with Crippen LogP contribution in [0.5, 0.6) is 11.8 Å². The van der Waals surface area contributed by atoms with E-state index in [2.05, 4.69) is 32.7 Å². The van der Waals surface area contributed by atoms with Gasteiger partial charge in [0.2, 0.25) is 5.91 Å². The molecule has 2 aromatic carbocycles. The van der Waals surface area contributed by atoms with Crippen molar-refractivity contribution in [3.8, 4) is 35.4 Å². The van der Waals surface area contributed by atoms with Crippen molar-refractivity contribution in [3.05, 3.63) is 60.3 Å². The molecule has 7 rings (SSSR count). The maximum atomic E-state index is 17.0. The summed E-state index contributed by atoms with van der Waals surface area (Å²) < 4.78 is 38.2. The Balaban J connectivity index is 1.38. The fourth-order valence-corrected chi connectivity index (χ4v) is 7.86. The fraction of sp³-hybridized carbons (Fsp3) is 0.405. The number of fused-ring (bicyclic) bond motifs is 3. The lowest BCUT2D eigenvalue weighted by atomic mass is 9.92. The highest BCUT2D eigenvalue weighted by Gasteiger charge is 2.45. The first-order valence-electron chi connectivity index (χ1n) is 16.6. The molecule has 0 spiro atoms. The van der Waals surface area contributed by atoms with E-state index in [0.29, 0.717) is 37.2 Å². The molecule has 3 saturated heterocycles. The van der Waals surface area contributed by atoms with Gasteiger partial charge < -0.3 is 25.2 Å². The monoisotopic (exact) mass is 668 g/mol. The number of ether oxygens (including phenoxy) is 1. The van der Waals surface area contributed by atoms with E-state index < -0.39 is 29.2 Å². The lowest BCUT2D eigenvalue weighted by Gasteiger charge is -2.34. The van der Waals surface area contributed by atoms with Gasteiger partial charge in [-0.3, -0.25) is 14.7 Å². The summed E-state index contributed by atoms with van der Waals surface area (Å²) in [7, 11) is 0. The highest BCUT2D eigenvalue weighted by molar-refractivity contribution is 6.03. The van der Waals surface area contributed by atoms with Gasteiger partial charge in [0.05, 0.1) is 28.1 Å². The third kappa shape index (κ3) is 5.81. The van der Waals surface area contributed by atoms with Crippen LogP contribution < -0.4 is 15.0 Å². The van der Waals surface area contributed by atoms with Crippen LogP contribution in [0.3, 0.4) is 0 Å². The van der Waals surface area contributed by atoms with E-state index >= 15 is 4.39 Å². The van der Waals surface area contributed by atoms with Gasteiger partial charge >= 0.3 is 6.01 Å². The molecule has 254 valence electrons. The highest BCUT2D eigenvalue weighted by atomic mass is 19.1. The molecular formula is C37H38F2N6O4. The number of phenolic OH excluding ortho intramolecular Hbond substituents is 1. The molecule has 10 nitrogen and oxygen atoms in total. The molecule has 0 unspecified atom stereocenters. The lowest BCUT2D eigenvalue weighted by molar-refractivity contribution is -0.119. The first kappa shape index (κ1) is 32.7. The van der Waals surface area contributed by atoms with Crippen molar-refractivity contribution < 1.29 is 28.5 Å². The summed E-state index contributed by atoms with van der Waals surface area (Å²) in [6.07, 6.45) is 13.3. The number of hydrogen-bond acceptors (Lipinski definition) is 9. The average molecular weight is 669 g/mol. The first-order chi connectivity index (χ1) is 23.5. The first-order valence-corrected chi connectivity index (χ1v) is 16.6. The number of aromatic nitrogens is 3. The van der Waals surface area contributed by atoms with Gasteiger partial charge in [-0.15, -0.1) is 6.42 Å². The van der Waals surface area contributed by atoms with Gasteiger partial charge in [0, 0.05) is 30.2 Å². The largest absolute Gasteiger partial charge is 0.508 e. The number of hydrogen-bond donors (Lipinski definition) is 3. The number of nitrogens with zero attached hydrogens (tertiary/aromatic N) is 5. The molecule has 0 bridgehead atoms. The molecule has 3 aliphatic heterocycles. The lowest BCUT2D eigenvalue weighted by Crippen LogP contribution is -2.54. The molecule has 0 aliphatic carbocycles. The van der Waals surface area contributed by atoms with Crippen LogP contribution in [0, 0.1) is 24.0 Å². The summed E-state index contributed by atoms with van der Waals surface area (Å²) in [5.41, 5.74) is -1.61. The minimum atomic E-state index is -1.24. The second-order valence-electron chi connectivity index (χ2n) is 13.6. The van der Waals surface area contributed by atoms with Crippen LogP contribution in [-0.4, -0.2) is 85.9 Å². The van der Waals surface area contributed by atoms with Crippen molar-refractivity contribution in [2.24, 2.45) is 0 Å². The van der Waals surface area contributed by atoms with Crippen LogP contribution in [0.25, 0.3) is 32.9 Å². The molecule has 2 atom stereocenters. The SMILES string of the molecule is C#Cc1c(F)ccc2cc(O)cc(-c3ncc4c(N5CCC[C@@](C)(O)[C@H](NC(=O)C=C)C5)nc(OCC56CCCN5CCC6)nc4c3F)c12. The van der Waals surface area contributed by atoms with E-state index in [4.69, 9.17) is 16.1 Å². The van der Waals surface area contributed by atoms with Crippen LogP contribution in [0.4, 0.5) is 14.6 Å². The number of phenols is 1. The van der Waals surface area contributed by atoms with Gasteiger partial charge in [-0.2, -0.15) is 9.97 Å². The number of carbonyl (C=O) groups excluding carboxylic acids is 1. The summed E-state index contributed by atoms with van der Waals surface area (Å²) in [5, 5.41) is 25.6. The highest BCUT2D eigenvalue weighted by Crippen LogP contribution is 2.41. The van der Waals surface area contributed by atoms with E-state index in [1.54, 1.807) is 6.92 Å². The van der Waals surface area contributed by atoms with E-state index in [9.17, 15) is 19.4 Å². The van der Waals surface area contributed by atoms with E-state index in [1.165, 1.54) is 30.5 Å². The molecule has 2 aromatic heterocycles. The molecule has 3 fully saturated rings. The minimum absolute atomic E-state index is 0.0227. The molecule has 5 heterocycles. The zero-order chi connectivity index (χ0) is 34.5. The number of rotatable bonds is 7. The molecule has 4 aromatic rings. The third-order valence-corrected chi connectivity index (χ3v) is 10.4. The smallest absolute Gasteiger partial charge is 0.319 e. The molecule has 1 amide bonds. The second-order valence-corrected chi connectivity index (χ2v) is 13.6. The zero-order valence-electron chi connectivity index (χ0n) is 27.3. The summed E-state index contributed by atoms with van der Waals surface area (Å²) in [6, 6.07) is 4.67. The topological polar surface area (TPSA) is 124 Å². The van der Waals surface area contributed by atoms with Crippen LogP contribution >= 0.6 is 0 Å². The van der Waals surface area contributed by atoms with Crippen molar-refractivity contribution in [1.29, 1.82) is 0 Å². The number of halogens is 2. The minimum Gasteiger partial charge on any atom is -0.508 e. The molecule has 0 radical (unpaired) electrons. The fourth-order valence-electron chi connectivity index (χ4n) is 7.86. The Hall–Kier alpha value is -4.86. The summed E-state index contributed by atoms with van der Waals surface area (Å²) in [5.74, 6) is 0.596. The van der Waals surface area contributed by atoms with Gasteiger partial charge in [0.25, 0.3) is 0 Å². The predicted octanol–water partition coefficient (Wildman–Crippen LogP) is 4.84. The standard InChI is InChI=1S/C37H38F2N6O4/c1-4-24-27(38)10-9-22-17-23(46)18-25(30(22)24)32-31(39)33-26(19-40-32)34(44-14-6-11-36(3,48)28(20-44)41-29(47)5-2)43-35(42-33)49-21-37-12-7-15-45(37)16-8-13-37/h1,5,9-10,17-19,28,46,48H,2,6-8,11-16,20-21H2,3H3,(H,41,47)/t28-,36-/m1/s1. The van der Waals surface area contributed by atoms with E-state index in [-0.39, 0.29) is 57.0 Å². The van der Waals surface area contributed by atoms with E-state index in [0.717, 1.165) is 44.8 Å². The van der Waals surface area contributed by atoms with Gasteiger partial charge in [0.15, 0.2) is 5.82 Å². The number of aromatic hydroxyl groups is 1. The third-order valence-electron chi connectivity index (χ3n) is 10.4. The molecule has 0 saturated carbocycles. The maximum Gasteiger partial charge on any atom is 0.319 e. The van der Waals surface area contributed by atoms with Crippen molar-refractivity contribution in [2.75, 3.05) is 37.7 Å². The number of amides is 1. The predicted molar refractivity (Wildman–Crippen MR) is 182 cm³/mol. The van der Waals surface area contributed by atoms with Crippen LogP contribution in [0.1, 0.15) is 51.0 Å². The number of pyridine rings is 1. The number of aliphatic hydroxyl groups is 1. The Morgan fingerprint density at radius 3 is 2.67 bits per heavy atom. The van der Waals surface area contributed by atoms with Crippen molar-refractivity contribution >= 4 is 33.4 Å². The Kier molecular flexibility index (Phi) is 8.37. The van der Waals surface area contributed by atoms with Gasteiger partial charge in [-0.1, -0.05) is 18.6 Å². The summed E-state index contributed by atoms with van der Waals surface area (Å²) in [4.78, 5) is 30.5. The number of nitrogens with one attached hydrogen (secondary N) is 1. The quantitative estimate of drug-likeness (QED) is 0.188. The molecule has 12 heteroatoms. The van der Waals surface area contributed by atoms with Crippen LogP contribution in [0.2, 0.25) is 0 Å². The van der Waals surface area contributed by atoms with Gasteiger partial charge in [-0.25, -0.2) is 8.78 Å². The number of benzene rings is 2. The van der Waals surface area contributed by atoms with Gasteiger partial charge in [0.1, 0.15) is 35.2 Å². The average Bonchev–Trinajstić information content (AvgIpc) is 3.63. The number of carbonyl (C=O) groups is 1. The Morgan fingerprint density at radius 1 is 1.18 bits per heavy atom. The molecular weight excluding hydrogens is 630 g/mol. The summed E-state index contributed by atoms with van der Waals surface area (Å²) in [6.45, 7) is 8.14. The van der Waals surface area contributed by atoms with E-state index in [1.807, 2.05) is 4.90 Å². The molecule has 3 aliphatic rings. The van der Waals surface area contributed by atoms with Crippen LogP contribution in [0.15, 0.2) is 43.1 Å². The van der Waals surface area contributed by atoms with Gasteiger partial charge in [-0.05, 0) is 88.2 Å². The number of terminal acetylenes is 1. The Morgan fingerprint density at radius 2 is 1.94 bits per heavy atom. The number of anilines is 1. The van der Waals surface area contributed by atoms with Crippen molar-refractivity contribution in [2.45, 2.75) is 62.6 Å². The second kappa shape index (κ2) is 12.5. The normalized spacial score (nSPS) is 22.1. The van der Waals surface area contributed by atoms with Crippen molar-refractivity contribution in [3.63, 3.8) is 0 Å². The van der Waals surface area contributed by atoms with Crippen LogP contribution in [-0.2, 0) is 4.79 Å². The summed E-state index contributed by atoms with van der Waals surface area (Å²) >= 11 is 0. The molecule has 49 heavy (non-hydrogen) atoms.